The minimum Gasteiger partial charge on any atom is -0.420 e. The van der Waals surface area contributed by atoms with Gasteiger partial charge in [-0.25, -0.2) is 4.98 Å². The van der Waals surface area contributed by atoms with Gasteiger partial charge in [0.15, 0.2) is 0 Å². The van der Waals surface area contributed by atoms with Crippen molar-refractivity contribution < 1.29 is 8.94 Å². The normalized spacial score (nSPS) is 19.7. The molecule has 2 atom stereocenters. The van der Waals surface area contributed by atoms with Gasteiger partial charge in [0.25, 0.3) is 5.71 Å². The highest BCUT2D eigenvalue weighted by molar-refractivity contribution is 5.91. The molecule has 1 aliphatic carbocycles. The van der Waals surface area contributed by atoms with Crippen LogP contribution in [-0.2, 0) is 0 Å². The van der Waals surface area contributed by atoms with Crippen LogP contribution in [0.3, 0.4) is 0 Å². The SMILES string of the molecule is CC1CC1c1nnc(-c2cnc3onc(-c4ccccc4)c3c2)o1. The first-order valence-electron chi connectivity index (χ1n) is 7.94. The largest absolute Gasteiger partial charge is 0.420 e. The molecule has 0 spiro atoms. The molecule has 6 nitrogen and oxygen atoms in total. The Morgan fingerprint density at radius 2 is 1.92 bits per heavy atom. The molecule has 0 bridgehead atoms. The van der Waals surface area contributed by atoms with Crippen molar-refractivity contribution in [2.45, 2.75) is 19.3 Å². The van der Waals surface area contributed by atoms with E-state index in [1.54, 1.807) is 6.20 Å². The molecule has 0 aliphatic heterocycles. The van der Waals surface area contributed by atoms with Gasteiger partial charge in [-0.15, -0.1) is 10.2 Å². The molecule has 24 heavy (non-hydrogen) atoms. The molecule has 5 rings (SSSR count). The van der Waals surface area contributed by atoms with Crippen LogP contribution >= 0.6 is 0 Å². The summed E-state index contributed by atoms with van der Waals surface area (Å²) < 4.78 is 11.2. The van der Waals surface area contributed by atoms with E-state index in [1.807, 2.05) is 36.4 Å². The first-order chi connectivity index (χ1) is 11.8. The number of fused-ring (bicyclic) bond motifs is 1. The van der Waals surface area contributed by atoms with Crippen molar-refractivity contribution in [3.8, 4) is 22.7 Å². The van der Waals surface area contributed by atoms with Crippen LogP contribution in [-0.4, -0.2) is 20.3 Å². The first kappa shape index (κ1) is 13.4. The summed E-state index contributed by atoms with van der Waals surface area (Å²) >= 11 is 0. The predicted molar refractivity (Wildman–Crippen MR) is 87.1 cm³/mol. The van der Waals surface area contributed by atoms with Crippen molar-refractivity contribution in [1.82, 2.24) is 20.3 Å². The number of pyridine rings is 1. The topological polar surface area (TPSA) is 77.8 Å². The molecule has 3 aromatic heterocycles. The van der Waals surface area contributed by atoms with Crippen molar-refractivity contribution in [2.75, 3.05) is 0 Å². The van der Waals surface area contributed by atoms with Crippen LogP contribution in [0.15, 0.2) is 51.5 Å². The Bertz CT molecular complexity index is 1020. The van der Waals surface area contributed by atoms with E-state index in [-0.39, 0.29) is 0 Å². The summed E-state index contributed by atoms with van der Waals surface area (Å²) in [7, 11) is 0. The van der Waals surface area contributed by atoms with Crippen molar-refractivity contribution in [1.29, 1.82) is 0 Å². The van der Waals surface area contributed by atoms with Gasteiger partial charge in [0.05, 0.1) is 10.9 Å². The number of benzene rings is 1. The van der Waals surface area contributed by atoms with Crippen molar-refractivity contribution in [3.05, 3.63) is 48.5 Å². The summed E-state index contributed by atoms with van der Waals surface area (Å²) in [5.74, 6) is 2.23. The van der Waals surface area contributed by atoms with Crippen LogP contribution in [0.2, 0.25) is 0 Å². The van der Waals surface area contributed by atoms with Crippen LogP contribution in [0.1, 0.15) is 25.2 Å². The second-order valence-corrected chi connectivity index (χ2v) is 6.24. The quantitative estimate of drug-likeness (QED) is 0.567. The number of hydrogen-bond donors (Lipinski definition) is 0. The number of rotatable bonds is 3. The minimum absolute atomic E-state index is 0.401. The van der Waals surface area contributed by atoms with E-state index in [2.05, 4.69) is 27.3 Å². The predicted octanol–water partition coefficient (Wildman–Crippen LogP) is 4.06. The van der Waals surface area contributed by atoms with Gasteiger partial charge in [0.1, 0.15) is 5.69 Å². The van der Waals surface area contributed by atoms with Gasteiger partial charge in [0.2, 0.25) is 11.8 Å². The van der Waals surface area contributed by atoms with Crippen molar-refractivity contribution in [2.24, 2.45) is 5.92 Å². The van der Waals surface area contributed by atoms with Crippen LogP contribution in [0.25, 0.3) is 33.8 Å². The summed E-state index contributed by atoms with van der Waals surface area (Å²) in [6, 6.07) is 11.8. The second-order valence-electron chi connectivity index (χ2n) is 6.24. The van der Waals surface area contributed by atoms with Crippen LogP contribution in [0.4, 0.5) is 0 Å². The van der Waals surface area contributed by atoms with Crippen LogP contribution < -0.4 is 0 Å². The average Bonchev–Trinajstić information content (AvgIpc) is 3.05. The number of hydrogen-bond acceptors (Lipinski definition) is 6. The lowest BCUT2D eigenvalue weighted by Crippen LogP contribution is -1.82. The third-order valence-electron chi connectivity index (χ3n) is 4.49. The standard InChI is InChI=1S/C18H14N4O2/c1-10-7-13(10)18-21-20-16(23-18)12-8-14-15(11-5-3-2-4-6-11)22-24-17(14)19-9-12/h2-6,8-10,13H,7H2,1H3. The Hall–Kier alpha value is -3.02. The third-order valence-corrected chi connectivity index (χ3v) is 4.49. The fraction of sp³-hybridized carbons (Fsp3) is 0.222. The lowest BCUT2D eigenvalue weighted by Gasteiger charge is -1.97. The zero-order valence-electron chi connectivity index (χ0n) is 13.0. The Labute approximate surface area is 137 Å². The first-order valence-corrected chi connectivity index (χ1v) is 7.94. The van der Waals surface area contributed by atoms with E-state index in [0.717, 1.165) is 28.6 Å². The van der Waals surface area contributed by atoms with E-state index in [0.29, 0.717) is 29.3 Å². The van der Waals surface area contributed by atoms with E-state index >= 15 is 0 Å². The van der Waals surface area contributed by atoms with E-state index in [4.69, 9.17) is 8.94 Å². The Morgan fingerprint density at radius 3 is 2.71 bits per heavy atom. The molecule has 3 heterocycles. The third kappa shape index (κ3) is 2.11. The lowest BCUT2D eigenvalue weighted by molar-refractivity contribution is 0.451. The smallest absolute Gasteiger partial charge is 0.258 e. The maximum atomic E-state index is 5.82. The van der Waals surface area contributed by atoms with Crippen LogP contribution in [0, 0.1) is 5.92 Å². The molecule has 1 aliphatic rings. The van der Waals surface area contributed by atoms with Gasteiger partial charge in [0, 0.05) is 17.7 Å². The molecule has 1 aromatic carbocycles. The molecule has 1 fully saturated rings. The molecule has 1 saturated carbocycles. The molecule has 6 heteroatoms. The summed E-state index contributed by atoms with van der Waals surface area (Å²) in [5, 5.41) is 13.3. The van der Waals surface area contributed by atoms with Gasteiger partial charge in [-0.1, -0.05) is 42.4 Å². The van der Waals surface area contributed by atoms with Gasteiger partial charge in [-0.3, -0.25) is 0 Å². The molecule has 118 valence electrons. The molecule has 0 amide bonds. The van der Waals surface area contributed by atoms with Gasteiger partial charge in [-0.2, -0.15) is 0 Å². The highest BCUT2D eigenvalue weighted by Crippen LogP contribution is 2.46. The minimum atomic E-state index is 0.401. The average molecular weight is 318 g/mol. The Morgan fingerprint density at radius 1 is 1.08 bits per heavy atom. The fourth-order valence-electron chi connectivity index (χ4n) is 2.92. The maximum Gasteiger partial charge on any atom is 0.258 e. The van der Waals surface area contributed by atoms with E-state index < -0.39 is 0 Å². The lowest BCUT2D eigenvalue weighted by atomic mass is 10.1. The maximum absolute atomic E-state index is 5.82. The molecular weight excluding hydrogens is 304 g/mol. The molecule has 0 N–H and O–H groups in total. The number of aromatic nitrogens is 4. The molecular formula is C18H14N4O2. The van der Waals surface area contributed by atoms with Crippen LogP contribution in [0.5, 0.6) is 0 Å². The van der Waals surface area contributed by atoms with Gasteiger partial charge >= 0.3 is 0 Å². The highest BCUT2D eigenvalue weighted by Gasteiger charge is 2.38. The van der Waals surface area contributed by atoms with Gasteiger partial charge in [-0.05, 0) is 18.4 Å². The summed E-state index contributed by atoms with van der Waals surface area (Å²) in [6.07, 6.45) is 2.79. The number of nitrogens with zero attached hydrogens (tertiary/aromatic N) is 4. The monoisotopic (exact) mass is 318 g/mol. The highest BCUT2D eigenvalue weighted by atomic mass is 16.5. The van der Waals surface area contributed by atoms with E-state index in [1.165, 1.54) is 0 Å². The zero-order chi connectivity index (χ0) is 16.1. The Kier molecular flexibility index (Phi) is 2.79. The summed E-state index contributed by atoms with van der Waals surface area (Å²) in [4.78, 5) is 4.33. The molecule has 0 radical (unpaired) electrons. The second kappa shape index (κ2) is 4.99. The molecule has 4 aromatic rings. The zero-order valence-corrected chi connectivity index (χ0v) is 13.0. The van der Waals surface area contributed by atoms with Crippen molar-refractivity contribution in [3.63, 3.8) is 0 Å². The molecule has 0 saturated heterocycles. The molecule has 2 unspecified atom stereocenters. The van der Waals surface area contributed by atoms with Crippen molar-refractivity contribution >= 4 is 11.1 Å². The summed E-state index contributed by atoms with van der Waals surface area (Å²) in [5.41, 5.74) is 3.01. The fourth-order valence-corrected chi connectivity index (χ4v) is 2.92. The van der Waals surface area contributed by atoms with Gasteiger partial charge < -0.3 is 8.94 Å². The Balaban J connectivity index is 1.59. The van der Waals surface area contributed by atoms with E-state index in [9.17, 15) is 0 Å². The summed E-state index contributed by atoms with van der Waals surface area (Å²) in [6.45, 7) is 2.19.